The number of halogens is 3. The standard InChI is InChI=1S/C13H18ClF2N/c1-3-5-10(6-4-2)17-13-11(14)7-9(15)8-12(13)16/h7-8,10,17H,3-6H2,1-2H3. The summed E-state index contributed by atoms with van der Waals surface area (Å²) in [4.78, 5) is 0. The summed E-state index contributed by atoms with van der Waals surface area (Å²) in [5.41, 5.74) is 0.208. The van der Waals surface area contributed by atoms with Gasteiger partial charge in [-0.1, -0.05) is 38.3 Å². The SMILES string of the molecule is CCCC(CCC)Nc1c(F)cc(F)cc1Cl. The van der Waals surface area contributed by atoms with Crippen molar-refractivity contribution in [3.05, 3.63) is 28.8 Å². The molecule has 1 nitrogen and oxygen atoms in total. The normalized spacial score (nSPS) is 10.9. The third-order valence-corrected chi connectivity index (χ3v) is 2.93. The molecule has 0 aliphatic carbocycles. The fourth-order valence-corrected chi connectivity index (χ4v) is 2.12. The fraction of sp³-hybridized carbons (Fsp3) is 0.538. The maximum atomic E-state index is 13.6. The predicted molar refractivity (Wildman–Crippen MR) is 68.6 cm³/mol. The van der Waals surface area contributed by atoms with E-state index in [0.717, 1.165) is 37.8 Å². The van der Waals surface area contributed by atoms with Crippen molar-refractivity contribution in [2.75, 3.05) is 5.32 Å². The molecule has 1 N–H and O–H groups in total. The number of hydrogen-bond acceptors (Lipinski definition) is 1. The first kappa shape index (κ1) is 14.2. The third-order valence-electron chi connectivity index (χ3n) is 2.63. The number of rotatable bonds is 6. The number of nitrogens with one attached hydrogen (secondary N) is 1. The second kappa shape index (κ2) is 6.80. The smallest absolute Gasteiger partial charge is 0.150 e. The minimum atomic E-state index is -0.652. The van der Waals surface area contributed by atoms with E-state index in [2.05, 4.69) is 19.2 Å². The number of benzene rings is 1. The van der Waals surface area contributed by atoms with E-state index in [1.54, 1.807) is 0 Å². The van der Waals surface area contributed by atoms with Crippen LogP contribution in [0.15, 0.2) is 12.1 Å². The Balaban J connectivity index is 2.84. The molecule has 1 aromatic rings. The Bertz CT molecular complexity index is 339. The maximum absolute atomic E-state index is 13.6. The molecule has 0 aliphatic heterocycles. The van der Waals surface area contributed by atoms with E-state index in [-0.39, 0.29) is 16.8 Å². The first-order valence-electron chi connectivity index (χ1n) is 5.99. The lowest BCUT2D eigenvalue weighted by Gasteiger charge is -2.20. The second-order valence-electron chi connectivity index (χ2n) is 4.16. The van der Waals surface area contributed by atoms with Crippen LogP contribution in [0.1, 0.15) is 39.5 Å². The Labute approximate surface area is 106 Å². The lowest BCUT2D eigenvalue weighted by molar-refractivity contribution is 0.564. The van der Waals surface area contributed by atoms with Crippen LogP contribution >= 0.6 is 11.6 Å². The van der Waals surface area contributed by atoms with E-state index < -0.39 is 11.6 Å². The average Bonchev–Trinajstić information content (AvgIpc) is 2.23. The predicted octanol–water partition coefficient (Wildman–Crippen LogP) is 5.00. The summed E-state index contributed by atoms with van der Waals surface area (Å²) in [6.45, 7) is 4.15. The van der Waals surface area contributed by atoms with Crippen LogP contribution in [0.2, 0.25) is 5.02 Å². The van der Waals surface area contributed by atoms with Gasteiger partial charge in [-0.15, -0.1) is 0 Å². The van der Waals surface area contributed by atoms with Gasteiger partial charge in [0.1, 0.15) is 5.82 Å². The van der Waals surface area contributed by atoms with E-state index in [1.165, 1.54) is 0 Å². The van der Waals surface area contributed by atoms with Gasteiger partial charge in [0.15, 0.2) is 5.82 Å². The molecule has 0 atom stereocenters. The van der Waals surface area contributed by atoms with Gasteiger partial charge in [-0.25, -0.2) is 8.78 Å². The van der Waals surface area contributed by atoms with Gasteiger partial charge >= 0.3 is 0 Å². The lowest BCUT2D eigenvalue weighted by atomic mass is 10.1. The molecule has 0 aromatic heterocycles. The van der Waals surface area contributed by atoms with Crippen LogP contribution in [-0.2, 0) is 0 Å². The Morgan fingerprint density at radius 2 is 1.76 bits per heavy atom. The Morgan fingerprint density at radius 3 is 2.24 bits per heavy atom. The molecule has 0 fully saturated rings. The Morgan fingerprint density at radius 1 is 1.18 bits per heavy atom. The van der Waals surface area contributed by atoms with Crippen LogP contribution in [-0.4, -0.2) is 6.04 Å². The molecule has 1 rings (SSSR count). The first-order valence-corrected chi connectivity index (χ1v) is 6.37. The molecule has 4 heteroatoms. The number of anilines is 1. The summed E-state index contributed by atoms with van der Waals surface area (Å²) in [5.74, 6) is -1.28. The van der Waals surface area contributed by atoms with Gasteiger partial charge in [0, 0.05) is 12.1 Å². The molecule has 17 heavy (non-hydrogen) atoms. The third kappa shape index (κ3) is 4.15. The highest BCUT2D eigenvalue weighted by atomic mass is 35.5. The molecule has 0 unspecified atom stereocenters. The molecule has 0 bridgehead atoms. The van der Waals surface area contributed by atoms with Crippen molar-refractivity contribution in [3.8, 4) is 0 Å². The zero-order valence-electron chi connectivity index (χ0n) is 10.2. The average molecular weight is 262 g/mol. The Kier molecular flexibility index (Phi) is 5.69. The highest BCUT2D eigenvalue weighted by Gasteiger charge is 2.14. The first-order chi connectivity index (χ1) is 8.08. The largest absolute Gasteiger partial charge is 0.379 e. The van der Waals surface area contributed by atoms with Crippen LogP contribution in [0.4, 0.5) is 14.5 Å². The van der Waals surface area contributed by atoms with Crippen molar-refractivity contribution < 1.29 is 8.78 Å². The summed E-state index contributed by atoms with van der Waals surface area (Å²) >= 11 is 5.84. The quantitative estimate of drug-likeness (QED) is 0.760. The van der Waals surface area contributed by atoms with Gasteiger partial charge in [-0.2, -0.15) is 0 Å². The van der Waals surface area contributed by atoms with Crippen molar-refractivity contribution >= 4 is 17.3 Å². The summed E-state index contributed by atoms with van der Waals surface area (Å²) < 4.78 is 26.5. The molecule has 0 heterocycles. The fourth-order valence-electron chi connectivity index (χ4n) is 1.87. The van der Waals surface area contributed by atoms with Crippen molar-refractivity contribution in [3.63, 3.8) is 0 Å². The summed E-state index contributed by atoms with van der Waals surface area (Å²) in [6.07, 6.45) is 3.91. The molecule has 0 spiro atoms. The van der Waals surface area contributed by atoms with E-state index in [1.807, 2.05) is 0 Å². The molecular weight excluding hydrogens is 244 g/mol. The summed E-state index contributed by atoms with van der Waals surface area (Å²) in [6, 6.07) is 2.16. The minimum Gasteiger partial charge on any atom is -0.379 e. The molecule has 0 saturated heterocycles. The highest BCUT2D eigenvalue weighted by molar-refractivity contribution is 6.33. The van der Waals surface area contributed by atoms with Gasteiger partial charge in [-0.3, -0.25) is 0 Å². The van der Waals surface area contributed by atoms with E-state index in [0.29, 0.717) is 0 Å². The monoisotopic (exact) mass is 261 g/mol. The van der Waals surface area contributed by atoms with Crippen LogP contribution in [0.5, 0.6) is 0 Å². The van der Waals surface area contributed by atoms with Crippen LogP contribution in [0, 0.1) is 11.6 Å². The van der Waals surface area contributed by atoms with E-state index in [9.17, 15) is 8.78 Å². The van der Waals surface area contributed by atoms with Crippen molar-refractivity contribution in [1.29, 1.82) is 0 Å². The zero-order valence-corrected chi connectivity index (χ0v) is 11.0. The van der Waals surface area contributed by atoms with Gasteiger partial charge in [-0.05, 0) is 18.9 Å². The topological polar surface area (TPSA) is 12.0 Å². The van der Waals surface area contributed by atoms with Gasteiger partial charge in [0.2, 0.25) is 0 Å². The van der Waals surface area contributed by atoms with Crippen molar-refractivity contribution in [2.45, 2.75) is 45.6 Å². The molecule has 96 valence electrons. The summed E-state index contributed by atoms with van der Waals surface area (Å²) in [5, 5.41) is 3.17. The van der Waals surface area contributed by atoms with E-state index >= 15 is 0 Å². The van der Waals surface area contributed by atoms with Crippen molar-refractivity contribution in [1.82, 2.24) is 0 Å². The molecule has 0 radical (unpaired) electrons. The van der Waals surface area contributed by atoms with Crippen LogP contribution < -0.4 is 5.32 Å². The van der Waals surface area contributed by atoms with Gasteiger partial charge in [0.25, 0.3) is 0 Å². The van der Waals surface area contributed by atoms with Gasteiger partial charge in [0.05, 0.1) is 10.7 Å². The van der Waals surface area contributed by atoms with Gasteiger partial charge < -0.3 is 5.32 Å². The number of hydrogen-bond donors (Lipinski definition) is 1. The molecule has 0 amide bonds. The maximum Gasteiger partial charge on any atom is 0.150 e. The van der Waals surface area contributed by atoms with E-state index in [4.69, 9.17) is 11.6 Å². The second-order valence-corrected chi connectivity index (χ2v) is 4.57. The minimum absolute atomic E-state index is 0.0970. The summed E-state index contributed by atoms with van der Waals surface area (Å²) in [7, 11) is 0. The zero-order chi connectivity index (χ0) is 12.8. The van der Waals surface area contributed by atoms with Crippen molar-refractivity contribution in [2.24, 2.45) is 0 Å². The Hall–Kier alpha value is -0.830. The molecule has 1 aromatic carbocycles. The van der Waals surface area contributed by atoms with Crippen LogP contribution in [0.25, 0.3) is 0 Å². The lowest BCUT2D eigenvalue weighted by Crippen LogP contribution is -2.20. The molecular formula is C13H18ClF2N. The van der Waals surface area contributed by atoms with Crippen LogP contribution in [0.3, 0.4) is 0 Å². The molecule has 0 aliphatic rings. The highest BCUT2D eigenvalue weighted by Crippen LogP contribution is 2.28. The molecule has 0 saturated carbocycles.